The van der Waals surface area contributed by atoms with Crippen molar-refractivity contribution in [2.75, 3.05) is 25.5 Å². The van der Waals surface area contributed by atoms with Gasteiger partial charge in [-0.15, -0.1) is 0 Å². The van der Waals surface area contributed by atoms with Gasteiger partial charge >= 0.3 is 0 Å². The van der Waals surface area contributed by atoms with Crippen LogP contribution in [0, 0.1) is 0 Å². The number of carbonyl (C=O) groups excluding carboxylic acids is 1. The molecule has 0 aliphatic heterocycles. The van der Waals surface area contributed by atoms with Gasteiger partial charge in [-0.25, -0.2) is 0 Å². The monoisotopic (exact) mass is 324 g/mol. The number of hydrogen-bond donors (Lipinski definition) is 2. The fraction of sp³-hybridized carbons (Fsp3) is 0.417. The lowest BCUT2D eigenvalue weighted by atomic mass is 10.3. The van der Waals surface area contributed by atoms with Crippen LogP contribution in [-0.2, 0) is 4.79 Å². The largest absolute Gasteiger partial charge is 0.392 e. The Kier molecular flexibility index (Phi) is 6.36. The number of hydrogen-bond acceptors (Lipinski definition) is 3. The summed E-state index contributed by atoms with van der Waals surface area (Å²) in [6, 6.07) is 3.01. The van der Waals surface area contributed by atoms with E-state index in [2.05, 4.69) is 5.32 Å². The zero-order valence-electron chi connectivity index (χ0n) is 10.6. The number of benzene rings is 1. The summed E-state index contributed by atoms with van der Waals surface area (Å²) in [7, 11) is 1.73. The molecule has 0 aromatic heterocycles. The van der Waals surface area contributed by atoms with Gasteiger partial charge in [0.15, 0.2) is 0 Å². The van der Waals surface area contributed by atoms with E-state index in [9.17, 15) is 9.90 Å². The van der Waals surface area contributed by atoms with E-state index in [1.54, 1.807) is 18.9 Å². The first-order valence-corrected chi connectivity index (χ1v) is 6.74. The van der Waals surface area contributed by atoms with Gasteiger partial charge in [0.2, 0.25) is 5.91 Å². The van der Waals surface area contributed by atoms with Crippen molar-refractivity contribution in [1.29, 1.82) is 0 Å². The highest BCUT2D eigenvalue weighted by Gasteiger charge is 2.13. The average Bonchev–Trinajstić information content (AvgIpc) is 2.21. The minimum absolute atomic E-state index is 0.125. The maximum absolute atomic E-state index is 11.8. The number of nitrogens with one attached hydrogen (secondary N) is 1. The Morgan fingerprint density at radius 2 is 1.89 bits per heavy atom. The van der Waals surface area contributed by atoms with Crippen LogP contribution in [-0.4, -0.2) is 42.2 Å². The van der Waals surface area contributed by atoms with E-state index in [0.717, 1.165) is 0 Å². The fourth-order valence-electron chi connectivity index (χ4n) is 1.60. The molecule has 0 aliphatic carbocycles. The van der Waals surface area contributed by atoms with Gasteiger partial charge in [0.1, 0.15) is 0 Å². The van der Waals surface area contributed by atoms with Crippen molar-refractivity contribution >= 4 is 46.4 Å². The van der Waals surface area contributed by atoms with Crippen LogP contribution in [0.5, 0.6) is 0 Å². The summed E-state index contributed by atoms with van der Waals surface area (Å²) in [6.07, 6.45) is -0.500. The van der Waals surface area contributed by atoms with Crippen LogP contribution in [0.4, 0.5) is 5.69 Å². The van der Waals surface area contributed by atoms with Crippen molar-refractivity contribution in [1.82, 2.24) is 4.90 Å². The molecule has 19 heavy (non-hydrogen) atoms. The number of anilines is 1. The van der Waals surface area contributed by atoms with Crippen molar-refractivity contribution < 1.29 is 9.90 Å². The van der Waals surface area contributed by atoms with Gasteiger partial charge in [0.05, 0.1) is 28.4 Å². The van der Waals surface area contributed by atoms with E-state index in [1.807, 2.05) is 0 Å². The van der Waals surface area contributed by atoms with E-state index in [0.29, 0.717) is 17.3 Å². The molecule has 0 aliphatic rings. The summed E-state index contributed by atoms with van der Waals surface area (Å²) in [4.78, 5) is 13.5. The molecule has 7 heteroatoms. The highest BCUT2D eigenvalue weighted by Crippen LogP contribution is 2.33. The lowest BCUT2D eigenvalue weighted by Gasteiger charge is -2.18. The molecule has 1 aromatic carbocycles. The molecular formula is C12H15Cl3N2O2. The van der Waals surface area contributed by atoms with E-state index in [1.165, 1.54) is 12.1 Å². The molecule has 4 nitrogen and oxygen atoms in total. The first kappa shape index (κ1) is 16.5. The Morgan fingerprint density at radius 3 is 2.37 bits per heavy atom. The van der Waals surface area contributed by atoms with Crippen molar-refractivity contribution in [3.63, 3.8) is 0 Å². The zero-order valence-corrected chi connectivity index (χ0v) is 12.9. The molecule has 1 amide bonds. The van der Waals surface area contributed by atoms with E-state index < -0.39 is 6.10 Å². The van der Waals surface area contributed by atoms with E-state index in [-0.39, 0.29) is 22.5 Å². The number of aliphatic hydroxyl groups excluding tert-OH is 1. The molecule has 0 spiro atoms. The molecule has 0 saturated carbocycles. The van der Waals surface area contributed by atoms with Gasteiger partial charge < -0.3 is 10.4 Å². The highest BCUT2D eigenvalue weighted by atomic mass is 35.5. The first-order chi connectivity index (χ1) is 8.79. The van der Waals surface area contributed by atoms with Crippen LogP contribution in [0.1, 0.15) is 6.92 Å². The molecule has 0 bridgehead atoms. The number of likely N-dealkylation sites (N-methyl/N-ethyl adjacent to an activating group) is 1. The van der Waals surface area contributed by atoms with Crippen LogP contribution in [0.15, 0.2) is 12.1 Å². The molecule has 0 saturated heterocycles. The average molecular weight is 326 g/mol. The van der Waals surface area contributed by atoms with Crippen LogP contribution in [0.3, 0.4) is 0 Å². The van der Waals surface area contributed by atoms with Crippen LogP contribution < -0.4 is 5.32 Å². The minimum Gasteiger partial charge on any atom is -0.392 e. The van der Waals surface area contributed by atoms with Crippen LogP contribution >= 0.6 is 34.8 Å². The van der Waals surface area contributed by atoms with Crippen LogP contribution in [0.25, 0.3) is 0 Å². The Bertz CT molecular complexity index is 443. The molecule has 1 unspecified atom stereocenters. The number of halogens is 3. The predicted molar refractivity (Wildman–Crippen MR) is 79.3 cm³/mol. The lowest BCUT2D eigenvalue weighted by molar-refractivity contribution is -0.117. The third-order valence-corrected chi connectivity index (χ3v) is 3.08. The minimum atomic E-state index is -0.500. The Hall–Kier alpha value is -0.520. The molecule has 1 atom stereocenters. The second-order valence-electron chi connectivity index (χ2n) is 4.34. The Labute approximate surface area is 127 Å². The smallest absolute Gasteiger partial charge is 0.238 e. The number of amides is 1. The van der Waals surface area contributed by atoms with Gasteiger partial charge in [0.25, 0.3) is 0 Å². The third-order valence-electron chi connectivity index (χ3n) is 2.26. The first-order valence-electron chi connectivity index (χ1n) is 5.60. The van der Waals surface area contributed by atoms with Gasteiger partial charge in [-0.1, -0.05) is 34.8 Å². The maximum Gasteiger partial charge on any atom is 0.238 e. The predicted octanol–water partition coefficient (Wildman–Crippen LogP) is 2.90. The van der Waals surface area contributed by atoms with Gasteiger partial charge in [-0.2, -0.15) is 0 Å². The van der Waals surface area contributed by atoms with Crippen molar-refractivity contribution in [3.05, 3.63) is 27.2 Å². The number of carbonyl (C=O) groups is 1. The SMILES string of the molecule is CC(O)CN(C)CC(=O)Nc1c(Cl)cc(Cl)cc1Cl. The van der Waals surface area contributed by atoms with Crippen molar-refractivity contribution in [2.24, 2.45) is 0 Å². The van der Waals surface area contributed by atoms with Gasteiger partial charge in [0, 0.05) is 11.6 Å². The standard InChI is InChI=1S/C12H15Cl3N2O2/c1-7(18)5-17(2)6-11(19)16-12-9(14)3-8(13)4-10(12)15/h3-4,7,18H,5-6H2,1-2H3,(H,16,19). The second-order valence-corrected chi connectivity index (χ2v) is 5.59. The summed E-state index contributed by atoms with van der Waals surface area (Å²) in [6.45, 7) is 2.18. The maximum atomic E-state index is 11.8. The van der Waals surface area contributed by atoms with Crippen molar-refractivity contribution in [3.8, 4) is 0 Å². The van der Waals surface area contributed by atoms with Gasteiger partial charge in [-0.3, -0.25) is 9.69 Å². The molecule has 1 aromatic rings. The third kappa shape index (κ3) is 5.55. The number of aliphatic hydroxyl groups is 1. The topological polar surface area (TPSA) is 52.6 Å². The quantitative estimate of drug-likeness (QED) is 0.875. The molecule has 0 radical (unpaired) electrons. The Balaban J connectivity index is 2.67. The Morgan fingerprint density at radius 1 is 1.37 bits per heavy atom. The van der Waals surface area contributed by atoms with Gasteiger partial charge in [-0.05, 0) is 26.1 Å². The summed E-state index contributed by atoms with van der Waals surface area (Å²) in [5, 5.41) is 12.8. The number of nitrogens with zero attached hydrogens (tertiary/aromatic N) is 1. The molecule has 2 N–H and O–H groups in total. The molecule has 106 valence electrons. The summed E-state index contributed by atoms with van der Waals surface area (Å²) in [5.74, 6) is -0.269. The van der Waals surface area contributed by atoms with E-state index in [4.69, 9.17) is 34.8 Å². The van der Waals surface area contributed by atoms with Crippen LogP contribution in [0.2, 0.25) is 15.1 Å². The summed E-state index contributed by atoms with van der Waals surface area (Å²) < 4.78 is 0. The molecular weight excluding hydrogens is 311 g/mol. The zero-order chi connectivity index (χ0) is 14.6. The number of rotatable bonds is 5. The molecule has 1 rings (SSSR count). The summed E-state index contributed by atoms with van der Waals surface area (Å²) in [5.41, 5.74) is 0.336. The van der Waals surface area contributed by atoms with Crippen molar-refractivity contribution in [2.45, 2.75) is 13.0 Å². The highest BCUT2D eigenvalue weighted by molar-refractivity contribution is 6.42. The summed E-state index contributed by atoms with van der Waals surface area (Å²) >= 11 is 17.7. The normalized spacial score (nSPS) is 12.6. The molecule has 0 fully saturated rings. The lowest BCUT2D eigenvalue weighted by Crippen LogP contribution is -2.34. The van der Waals surface area contributed by atoms with E-state index >= 15 is 0 Å². The second kappa shape index (κ2) is 7.31. The molecule has 0 heterocycles. The fourth-order valence-corrected chi connectivity index (χ4v) is 2.51.